The van der Waals surface area contributed by atoms with E-state index >= 15 is 0 Å². The van der Waals surface area contributed by atoms with Crippen LogP contribution in [0, 0.1) is 17.6 Å². The minimum atomic E-state index is -1.19. The molecule has 1 atom stereocenters. The highest BCUT2D eigenvalue weighted by Gasteiger charge is 2.19. The van der Waals surface area contributed by atoms with E-state index in [2.05, 4.69) is 23.9 Å². The maximum atomic E-state index is 13.8. The monoisotopic (exact) mass is 271 g/mol. The standard InChI is InChI=1S/C14H19F2NO2/c1-8(2)7-9(3)17-11-6-5-10(14(18)19-4)12(15)13(11)16/h5-6,8-9,17H,7H2,1-4H3. The second-order valence-corrected chi connectivity index (χ2v) is 4.96. The minimum absolute atomic E-state index is 0.0119. The molecule has 1 rings (SSSR count). The Kier molecular flexibility index (Phi) is 5.27. The number of hydrogen-bond donors (Lipinski definition) is 1. The summed E-state index contributed by atoms with van der Waals surface area (Å²) in [5, 5.41) is 2.90. The lowest BCUT2D eigenvalue weighted by atomic mass is 10.0. The summed E-state index contributed by atoms with van der Waals surface area (Å²) < 4.78 is 31.9. The van der Waals surface area contributed by atoms with Crippen LogP contribution >= 0.6 is 0 Å². The molecule has 0 radical (unpaired) electrons. The molecule has 0 aromatic heterocycles. The second kappa shape index (κ2) is 6.50. The van der Waals surface area contributed by atoms with Crippen LogP contribution in [0.5, 0.6) is 0 Å². The summed E-state index contributed by atoms with van der Waals surface area (Å²) in [4.78, 5) is 11.2. The van der Waals surface area contributed by atoms with E-state index in [-0.39, 0.29) is 11.7 Å². The van der Waals surface area contributed by atoms with Gasteiger partial charge in [0.25, 0.3) is 0 Å². The van der Waals surface area contributed by atoms with Gasteiger partial charge in [0.15, 0.2) is 11.6 Å². The summed E-state index contributed by atoms with van der Waals surface area (Å²) in [5.74, 6) is -2.69. The van der Waals surface area contributed by atoms with Gasteiger partial charge in [-0.15, -0.1) is 0 Å². The van der Waals surface area contributed by atoms with E-state index in [9.17, 15) is 13.6 Å². The average Bonchev–Trinajstić information content (AvgIpc) is 2.33. The van der Waals surface area contributed by atoms with Crippen LogP contribution in [-0.2, 0) is 4.74 Å². The predicted octanol–water partition coefficient (Wildman–Crippen LogP) is 3.60. The first kappa shape index (κ1) is 15.4. The van der Waals surface area contributed by atoms with Crippen LogP contribution in [-0.4, -0.2) is 19.1 Å². The van der Waals surface area contributed by atoms with Crippen LogP contribution in [0.15, 0.2) is 12.1 Å². The summed E-state index contributed by atoms with van der Waals surface area (Å²) in [6, 6.07) is 2.58. The van der Waals surface area contributed by atoms with Crippen molar-refractivity contribution in [3.8, 4) is 0 Å². The summed E-state index contributed by atoms with van der Waals surface area (Å²) in [6.07, 6.45) is 0.833. The van der Waals surface area contributed by atoms with Gasteiger partial charge >= 0.3 is 5.97 Å². The fourth-order valence-corrected chi connectivity index (χ4v) is 1.96. The number of hydrogen-bond acceptors (Lipinski definition) is 3. The Bertz CT molecular complexity index is 461. The van der Waals surface area contributed by atoms with Gasteiger partial charge < -0.3 is 10.1 Å². The first-order chi connectivity index (χ1) is 8.86. The summed E-state index contributed by atoms with van der Waals surface area (Å²) in [7, 11) is 1.12. The molecule has 19 heavy (non-hydrogen) atoms. The van der Waals surface area contributed by atoms with Gasteiger partial charge in [-0.25, -0.2) is 13.6 Å². The molecule has 1 unspecified atom stereocenters. The number of methoxy groups -OCH3 is 1. The van der Waals surface area contributed by atoms with Gasteiger partial charge in [0.1, 0.15) is 0 Å². The van der Waals surface area contributed by atoms with E-state index in [1.807, 2.05) is 6.92 Å². The van der Waals surface area contributed by atoms with Crippen LogP contribution in [0.1, 0.15) is 37.6 Å². The van der Waals surface area contributed by atoms with Crippen molar-refractivity contribution in [1.82, 2.24) is 0 Å². The third-order valence-electron chi connectivity index (χ3n) is 2.71. The zero-order valence-electron chi connectivity index (χ0n) is 11.6. The molecule has 0 fully saturated rings. The highest BCUT2D eigenvalue weighted by molar-refractivity contribution is 5.90. The molecule has 1 N–H and O–H groups in total. The van der Waals surface area contributed by atoms with E-state index < -0.39 is 23.2 Å². The van der Waals surface area contributed by atoms with Gasteiger partial charge in [0, 0.05) is 6.04 Å². The molecule has 0 saturated carbocycles. The fourth-order valence-electron chi connectivity index (χ4n) is 1.96. The second-order valence-electron chi connectivity index (χ2n) is 4.96. The Labute approximate surface area is 112 Å². The first-order valence-corrected chi connectivity index (χ1v) is 6.19. The number of halogens is 2. The molecule has 106 valence electrons. The van der Waals surface area contributed by atoms with Crippen LogP contribution in [0.3, 0.4) is 0 Å². The van der Waals surface area contributed by atoms with Gasteiger partial charge in [0.2, 0.25) is 0 Å². The molecule has 0 aliphatic carbocycles. The van der Waals surface area contributed by atoms with E-state index in [0.29, 0.717) is 5.92 Å². The largest absolute Gasteiger partial charge is 0.465 e. The molecule has 3 nitrogen and oxygen atoms in total. The van der Waals surface area contributed by atoms with Gasteiger partial charge in [-0.3, -0.25) is 0 Å². The maximum Gasteiger partial charge on any atom is 0.340 e. The molecule has 0 saturated heterocycles. The highest BCUT2D eigenvalue weighted by Crippen LogP contribution is 2.22. The van der Waals surface area contributed by atoms with Crippen molar-refractivity contribution in [2.45, 2.75) is 33.2 Å². The zero-order chi connectivity index (χ0) is 14.6. The van der Waals surface area contributed by atoms with Gasteiger partial charge in [-0.2, -0.15) is 0 Å². The van der Waals surface area contributed by atoms with Crippen molar-refractivity contribution in [3.63, 3.8) is 0 Å². The van der Waals surface area contributed by atoms with E-state index in [4.69, 9.17) is 0 Å². The molecule has 0 aliphatic heterocycles. The molecule has 0 heterocycles. The van der Waals surface area contributed by atoms with Gasteiger partial charge in [-0.1, -0.05) is 13.8 Å². The lowest BCUT2D eigenvalue weighted by molar-refractivity contribution is 0.0594. The van der Waals surface area contributed by atoms with Crippen molar-refractivity contribution < 1.29 is 18.3 Å². The van der Waals surface area contributed by atoms with Crippen LogP contribution in [0.4, 0.5) is 14.5 Å². The first-order valence-electron chi connectivity index (χ1n) is 6.19. The summed E-state index contributed by atoms with van der Waals surface area (Å²) in [6.45, 7) is 6.00. The predicted molar refractivity (Wildman–Crippen MR) is 70.2 cm³/mol. The van der Waals surface area contributed by atoms with E-state index in [0.717, 1.165) is 13.5 Å². The molecular weight excluding hydrogens is 252 g/mol. The molecular formula is C14H19F2NO2. The number of rotatable bonds is 5. The number of anilines is 1. The lowest BCUT2D eigenvalue weighted by Gasteiger charge is -2.18. The average molecular weight is 271 g/mol. The van der Waals surface area contributed by atoms with Crippen molar-refractivity contribution in [3.05, 3.63) is 29.3 Å². The Morgan fingerprint density at radius 2 is 1.89 bits per heavy atom. The smallest absolute Gasteiger partial charge is 0.340 e. The quantitative estimate of drug-likeness (QED) is 0.832. The number of carbonyl (C=O) groups is 1. The molecule has 0 spiro atoms. The van der Waals surface area contributed by atoms with Crippen molar-refractivity contribution >= 4 is 11.7 Å². The lowest BCUT2D eigenvalue weighted by Crippen LogP contribution is -2.19. The van der Waals surface area contributed by atoms with Crippen LogP contribution < -0.4 is 5.32 Å². The van der Waals surface area contributed by atoms with Crippen LogP contribution in [0.25, 0.3) is 0 Å². The van der Waals surface area contributed by atoms with Crippen molar-refractivity contribution in [1.29, 1.82) is 0 Å². The number of carbonyl (C=O) groups excluding carboxylic acids is 1. The third kappa shape index (κ3) is 3.91. The Morgan fingerprint density at radius 3 is 2.42 bits per heavy atom. The molecule has 0 bridgehead atoms. The maximum absolute atomic E-state index is 13.8. The molecule has 1 aromatic carbocycles. The Morgan fingerprint density at radius 1 is 1.26 bits per heavy atom. The minimum Gasteiger partial charge on any atom is -0.465 e. The van der Waals surface area contributed by atoms with E-state index in [1.54, 1.807) is 0 Å². The molecule has 1 aromatic rings. The number of nitrogens with one attached hydrogen (secondary N) is 1. The third-order valence-corrected chi connectivity index (χ3v) is 2.71. The highest BCUT2D eigenvalue weighted by atomic mass is 19.2. The molecule has 5 heteroatoms. The number of benzene rings is 1. The van der Waals surface area contributed by atoms with Crippen LogP contribution in [0.2, 0.25) is 0 Å². The number of ether oxygens (including phenoxy) is 1. The topological polar surface area (TPSA) is 38.3 Å². The Balaban J connectivity index is 2.93. The van der Waals surface area contributed by atoms with E-state index in [1.165, 1.54) is 12.1 Å². The molecule has 0 amide bonds. The Hall–Kier alpha value is -1.65. The number of esters is 1. The zero-order valence-corrected chi connectivity index (χ0v) is 11.6. The van der Waals surface area contributed by atoms with Gasteiger partial charge in [0.05, 0.1) is 18.4 Å². The van der Waals surface area contributed by atoms with Crippen molar-refractivity contribution in [2.75, 3.05) is 12.4 Å². The summed E-state index contributed by atoms with van der Waals surface area (Å²) >= 11 is 0. The summed E-state index contributed by atoms with van der Waals surface area (Å²) in [5.41, 5.74) is -0.347. The SMILES string of the molecule is COC(=O)c1ccc(NC(C)CC(C)C)c(F)c1F. The fraction of sp³-hybridized carbons (Fsp3) is 0.500. The normalized spacial score (nSPS) is 12.4. The molecule has 0 aliphatic rings. The van der Waals surface area contributed by atoms with Gasteiger partial charge in [-0.05, 0) is 31.4 Å². The van der Waals surface area contributed by atoms with Crippen molar-refractivity contribution in [2.24, 2.45) is 5.92 Å².